The number of aryl methyl sites for hydroxylation is 1. The highest BCUT2D eigenvalue weighted by atomic mass is 35.5. The molecule has 0 radical (unpaired) electrons. The first kappa shape index (κ1) is 21.0. The van der Waals surface area contributed by atoms with Gasteiger partial charge in [0.25, 0.3) is 5.56 Å². The maximum atomic E-state index is 12.5. The maximum Gasteiger partial charge on any atom is 0.345 e. The summed E-state index contributed by atoms with van der Waals surface area (Å²) in [6.45, 7) is 4.19. The van der Waals surface area contributed by atoms with Gasteiger partial charge in [0.2, 0.25) is 5.95 Å². The predicted molar refractivity (Wildman–Crippen MR) is 123 cm³/mol. The van der Waals surface area contributed by atoms with Crippen molar-refractivity contribution in [2.75, 3.05) is 11.9 Å². The van der Waals surface area contributed by atoms with Gasteiger partial charge in [0, 0.05) is 16.9 Å². The molecule has 4 rings (SSSR count). The monoisotopic (exact) mass is 454 g/mol. The summed E-state index contributed by atoms with van der Waals surface area (Å²) in [5.41, 5.74) is 1.84. The number of nitrogens with one attached hydrogen (secondary N) is 1. The Morgan fingerprint density at radius 2 is 1.97 bits per heavy atom. The molecule has 0 unspecified atom stereocenters. The number of benzene rings is 2. The van der Waals surface area contributed by atoms with E-state index in [-0.39, 0.29) is 12.2 Å². The number of anilines is 2. The summed E-state index contributed by atoms with van der Waals surface area (Å²) >= 11 is 7.57. The summed E-state index contributed by atoms with van der Waals surface area (Å²) in [4.78, 5) is 33.3. The van der Waals surface area contributed by atoms with Crippen LogP contribution in [0.25, 0.3) is 10.2 Å². The molecule has 9 heteroatoms. The van der Waals surface area contributed by atoms with Gasteiger partial charge in [0.1, 0.15) is 5.56 Å². The van der Waals surface area contributed by atoms with Gasteiger partial charge in [-0.05, 0) is 49.7 Å². The average molecular weight is 455 g/mol. The Labute approximate surface area is 187 Å². The molecule has 31 heavy (non-hydrogen) atoms. The van der Waals surface area contributed by atoms with E-state index in [1.165, 1.54) is 6.20 Å². The number of thiazole rings is 1. The zero-order valence-electron chi connectivity index (χ0n) is 16.9. The van der Waals surface area contributed by atoms with Crippen molar-refractivity contribution in [3.8, 4) is 0 Å². The highest BCUT2D eigenvalue weighted by Gasteiger charge is 2.17. The van der Waals surface area contributed by atoms with Crippen molar-refractivity contribution in [1.29, 1.82) is 0 Å². The number of carbonyl (C=O) groups is 1. The molecule has 0 fully saturated rings. The minimum absolute atomic E-state index is 0.116. The van der Waals surface area contributed by atoms with Gasteiger partial charge in [-0.25, -0.2) is 9.78 Å². The lowest BCUT2D eigenvalue weighted by Gasteiger charge is -2.15. The fourth-order valence-corrected chi connectivity index (χ4v) is 4.09. The van der Waals surface area contributed by atoms with Crippen molar-refractivity contribution in [1.82, 2.24) is 14.5 Å². The molecule has 4 aromatic rings. The number of hydrogen-bond acceptors (Lipinski definition) is 7. The van der Waals surface area contributed by atoms with Crippen LogP contribution in [0.5, 0.6) is 0 Å². The second kappa shape index (κ2) is 8.87. The van der Waals surface area contributed by atoms with E-state index >= 15 is 0 Å². The lowest BCUT2D eigenvalue weighted by molar-refractivity contribution is 0.0523. The van der Waals surface area contributed by atoms with E-state index in [2.05, 4.69) is 15.3 Å². The van der Waals surface area contributed by atoms with Crippen molar-refractivity contribution >= 4 is 50.8 Å². The molecule has 0 saturated carbocycles. The molecule has 0 bridgehead atoms. The van der Waals surface area contributed by atoms with E-state index in [4.69, 9.17) is 16.3 Å². The van der Waals surface area contributed by atoms with Crippen LogP contribution in [0.3, 0.4) is 0 Å². The second-order valence-electron chi connectivity index (χ2n) is 6.80. The van der Waals surface area contributed by atoms with Gasteiger partial charge >= 0.3 is 5.97 Å². The number of hydrogen-bond donors (Lipinski definition) is 1. The first-order valence-corrected chi connectivity index (χ1v) is 10.8. The van der Waals surface area contributed by atoms with Crippen molar-refractivity contribution in [2.24, 2.45) is 0 Å². The Bertz CT molecular complexity index is 1310. The molecule has 0 aliphatic heterocycles. The molecule has 0 aliphatic rings. The van der Waals surface area contributed by atoms with E-state index in [0.717, 1.165) is 26.5 Å². The summed E-state index contributed by atoms with van der Waals surface area (Å²) in [6.07, 6.45) is 1.47. The predicted octanol–water partition coefficient (Wildman–Crippen LogP) is 4.78. The van der Waals surface area contributed by atoms with Gasteiger partial charge < -0.3 is 14.6 Å². The molecule has 0 atom stereocenters. The third-order valence-corrected chi connectivity index (χ3v) is 5.69. The van der Waals surface area contributed by atoms with Crippen molar-refractivity contribution in [3.05, 3.63) is 80.2 Å². The number of nitrogens with zero attached hydrogens (tertiary/aromatic N) is 3. The number of rotatable bonds is 6. The maximum absolute atomic E-state index is 12.5. The van der Waals surface area contributed by atoms with Crippen LogP contribution in [0.2, 0.25) is 5.02 Å². The van der Waals surface area contributed by atoms with E-state index in [0.29, 0.717) is 17.5 Å². The zero-order chi connectivity index (χ0) is 22.0. The third kappa shape index (κ3) is 4.76. The fourth-order valence-electron chi connectivity index (χ4n) is 3.10. The van der Waals surface area contributed by atoms with Crippen LogP contribution in [0.1, 0.15) is 27.9 Å². The van der Waals surface area contributed by atoms with Gasteiger partial charge in [-0.2, -0.15) is 4.98 Å². The van der Waals surface area contributed by atoms with Crippen LogP contribution < -0.4 is 10.9 Å². The Morgan fingerprint density at radius 1 is 1.19 bits per heavy atom. The Balaban J connectivity index is 1.74. The van der Waals surface area contributed by atoms with E-state index in [1.54, 1.807) is 35.0 Å². The summed E-state index contributed by atoms with van der Waals surface area (Å²) in [5.74, 6) is -0.383. The molecular weight excluding hydrogens is 436 g/mol. The first-order valence-electron chi connectivity index (χ1n) is 9.60. The molecule has 158 valence electrons. The standard InChI is InChI=1S/C22H19ClN4O3S/c1-3-30-21(29)17-12-27(11-14-4-6-15(23)7-5-14)22(26-20(17)28)25-16-8-9-18-19(10-16)31-13(2)24-18/h4-10,12H,3,11H2,1-2H3,(H,25,26,28). The van der Waals surface area contributed by atoms with Crippen LogP contribution in [0.4, 0.5) is 11.6 Å². The zero-order valence-corrected chi connectivity index (χ0v) is 18.5. The highest BCUT2D eigenvalue weighted by Crippen LogP contribution is 2.26. The van der Waals surface area contributed by atoms with Gasteiger partial charge in [0.05, 0.1) is 28.4 Å². The number of esters is 1. The molecule has 2 heterocycles. The third-order valence-electron chi connectivity index (χ3n) is 4.51. The normalized spacial score (nSPS) is 10.9. The van der Waals surface area contributed by atoms with Crippen molar-refractivity contribution in [2.45, 2.75) is 20.4 Å². The summed E-state index contributed by atoms with van der Waals surface area (Å²) in [6, 6.07) is 13.1. The smallest absolute Gasteiger partial charge is 0.345 e. The SMILES string of the molecule is CCOC(=O)c1cn(Cc2ccc(Cl)cc2)c(Nc2ccc3nc(C)sc3c2)nc1=O. The number of carbonyl (C=O) groups excluding carboxylic acids is 1. The first-order chi connectivity index (χ1) is 14.9. The lowest BCUT2D eigenvalue weighted by atomic mass is 10.2. The van der Waals surface area contributed by atoms with Crippen LogP contribution >= 0.6 is 22.9 Å². The van der Waals surface area contributed by atoms with Crippen LogP contribution in [0, 0.1) is 6.92 Å². The summed E-state index contributed by atoms with van der Waals surface area (Å²) < 4.78 is 7.74. The summed E-state index contributed by atoms with van der Waals surface area (Å²) in [7, 11) is 0. The molecule has 7 nitrogen and oxygen atoms in total. The molecule has 1 N–H and O–H groups in total. The molecule has 2 aromatic heterocycles. The van der Waals surface area contributed by atoms with Crippen LogP contribution in [-0.2, 0) is 11.3 Å². The van der Waals surface area contributed by atoms with E-state index < -0.39 is 11.5 Å². The van der Waals surface area contributed by atoms with Crippen molar-refractivity contribution < 1.29 is 9.53 Å². The topological polar surface area (TPSA) is 86.1 Å². The summed E-state index contributed by atoms with van der Waals surface area (Å²) in [5, 5.41) is 4.80. The Hall–Kier alpha value is -3.23. The van der Waals surface area contributed by atoms with Gasteiger partial charge in [-0.1, -0.05) is 23.7 Å². The van der Waals surface area contributed by atoms with E-state index in [9.17, 15) is 9.59 Å². The Morgan fingerprint density at radius 3 is 2.71 bits per heavy atom. The van der Waals surface area contributed by atoms with Crippen molar-refractivity contribution in [3.63, 3.8) is 0 Å². The fraction of sp³-hybridized carbons (Fsp3) is 0.182. The van der Waals surface area contributed by atoms with Crippen LogP contribution in [0.15, 0.2) is 53.5 Å². The molecule has 0 saturated heterocycles. The highest BCUT2D eigenvalue weighted by molar-refractivity contribution is 7.18. The van der Waals surface area contributed by atoms with Crippen LogP contribution in [-0.4, -0.2) is 27.1 Å². The molecular formula is C22H19ClN4O3S. The quantitative estimate of drug-likeness (QED) is 0.422. The molecule has 0 aliphatic carbocycles. The van der Waals surface area contributed by atoms with Gasteiger partial charge in [-0.3, -0.25) is 4.79 Å². The number of aromatic nitrogens is 3. The van der Waals surface area contributed by atoms with Gasteiger partial charge in [-0.15, -0.1) is 11.3 Å². The average Bonchev–Trinajstić information content (AvgIpc) is 3.11. The number of ether oxygens (including phenoxy) is 1. The lowest BCUT2D eigenvalue weighted by Crippen LogP contribution is -2.25. The molecule has 0 amide bonds. The minimum atomic E-state index is -0.696. The molecule has 0 spiro atoms. The Kier molecular flexibility index (Phi) is 6.01. The second-order valence-corrected chi connectivity index (χ2v) is 8.47. The van der Waals surface area contributed by atoms with E-state index in [1.807, 2.05) is 37.3 Å². The number of fused-ring (bicyclic) bond motifs is 1. The number of halogens is 1. The largest absolute Gasteiger partial charge is 0.462 e. The van der Waals surface area contributed by atoms with Gasteiger partial charge in [0.15, 0.2) is 0 Å². The minimum Gasteiger partial charge on any atom is -0.462 e. The molecule has 2 aromatic carbocycles.